The van der Waals surface area contributed by atoms with Crippen molar-refractivity contribution in [2.45, 2.75) is 19.8 Å². The summed E-state index contributed by atoms with van der Waals surface area (Å²) in [7, 11) is 1.69. The summed E-state index contributed by atoms with van der Waals surface area (Å²) in [6.45, 7) is 2.02. The number of rotatable bonds is 4. The highest BCUT2D eigenvalue weighted by Gasteiger charge is 2.00. The molecule has 3 nitrogen and oxygen atoms in total. The van der Waals surface area contributed by atoms with Crippen molar-refractivity contribution in [2.24, 2.45) is 0 Å². The van der Waals surface area contributed by atoms with Crippen LogP contribution >= 0.6 is 0 Å². The van der Waals surface area contributed by atoms with Crippen LogP contribution in [-0.4, -0.2) is 17.3 Å². The monoisotopic (exact) mass is 216 g/mol. The molecule has 1 aromatic carbocycles. The molecule has 0 saturated carbocycles. The van der Waals surface area contributed by atoms with Crippen molar-refractivity contribution in [1.29, 1.82) is 0 Å². The molecule has 3 heteroatoms. The van der Waals surface area contributed by atoms with E-state index in [1.165, 1.54) is 5.56 Å². The van der Waals surface area contributed by atoms with Gasteiger partial charge in [0.2, 0.25) is 0 Å². The Labute approximate surface area is 95.5 Å². The molecule has 0 amide bonds. The molecular formula is C13H16N2O. The second kappa shape index (κ2) is 4.84. The van der Waals surface area contributed by atoms with E-state index < -0.39 is 0 Å². The molecule has 0 aliphatic carbocycles. The molecule has 2 rings (SSSR count). The topological polar surface area (TPSA) is 37.9 Å². The lowest BCUT2D eigenvalue weighted by Gasteiger charge is -2.03. The fourth-order valence-electron chi connectivity index (χ4n) is 1.70. The van der Waals surface area contributed by atoms with Crippen LogP contribution in [0.1, 0.15) is 17.0 Å². The summed E-state index contributed by atoms with van der Waals surface area (Å²) in [6, 6.07) is 10.2. The maximum Gasteiger partial charge on any atom is 0.119 e. The average Bonchev–Trinajstić information content (AvgIpc) is 2.73. The molecule has 0 radical (unpaired) electrons. The highest BCUT2D eigenvalue weighted by Crippen LogP contribution is 2.14. The molecule has 0 unspecified atom stereocenters. The minimum atomic E-state index is 0.913. The van der Waals surface area contributed by atoms with Crippen LogP contribution in [-0.2, 0) is 12.8 Å². The maximum absolute atomic E-state index is 5.19. The molecule has 2 aromatic rings. The van der Waals surface area contributed by atoms with Gasteiger partial charge in [0.25, 0.3) is 0 Å². The predicted molar refractivity (Wildman–Crippen MR) is 63.7 cm³/mol. The molecule has 0 atom stereocenters. The van der Waals surface area contributed by atoms with E-state index in [1.54, 1.807) is 7.11 Å². The van der Waals surface area contributed by atoms with Crippen molar-refractivity contribution in [3.63, 3.8) is 0 Å². The van der Waals surface area contributed by atoms with Gasteiger partial charge in [-0.2, -0.15) is 5.10 Å². The Bertz CT molecular complexity index is 462. The SMILES string of the molecule is COc1cccc(CCc2cc(C)[nH]n2)c1. The van der Waals surface area contributed by atoms with E-state index in [4.69, 9.17) is 4.74 Å². The largest absolute Gasteiger partial charge is 0.497 e. The molecule has 0 saturated heterocycles. The first-order valence-electron chi connectivity index (χ1n) is 5.42. The summed E-state index contributed by atoms with van der Waals surface area (Å²) < 4.78 is 5.19. The molecule has 0 aliphatic heterocycles. The van der Waals surface area contributed by atoms with Crippen LogP contribution in [0.2, 0.25) is 0 Å². The smallest absolute Gasteiger partial charge is 0.119 e. The van der Waals surface area contributed by atoms with Gasteiger partial charge in [-0.25, -0.2) is 0 Å². The molecule has 1 heterocycles. The number of methoxy groups -OCH3 is 1. The lowest BCUT2D eigenvalue weighted by atomic mass is 10.1. The van der Waals surface area contributed by atoms with E-state index in [0.717, 1.165) is 30.0 Å². The quantitative estimate of drug-likeness (QED) is 0.852. The number of hydrogen-bond acceptors (Lipinski definition) is 2. The molecule has 84 valence electrons. The summed E-state index contributed by atoms with van der Waals surface area (Å²) in [5, 5.41) is 7.17. The van der Waals surface area contributed by atoms with Gasteiger partial charge >= 0.3 is 0 Å². The van der Waals surface area contributed by atoms with Crippen molar-refractivity contribution in [3.8, 4) is 5.75 Å². The van der Waals surface area contributed by atoms with Crippen molar-refractivity contribution in [3.05, 3.63) is 47.3 Å². The van der Waals surface area contributed by atoms with Gasteiger partial charge < -0.3 is 4.74 Å². The van der Waals surface area contributed by atoms with E-state index in [-0.39, 0.29) is 0 Å². The van der Waals surface area contributed by atoms with Crippen LogP contribution in [0, 0.1) is 6.92 Å². The molecule has 0 fully saturated rings. The molecule has 16 heavy (non-hydrogen) atoms. The lowest BCUT2D eigenvalue weighted by molar-refractivity contribution is 0.414. The van der Waals surface area contributed by atoms with Crippen LogP contribution in [0.15, 0.2) is 30.3 Å². The van der Waals surface area contributed by atoms with Crippen LogP contribution in [0.5, 0.6) is 5.75 Å². The van der Waals surface area contributed by atoms with Gasteiger partial charge in [-0.05, 0) is 43.5 Å². The summed E-state index contributed by atoms with van der Waals surface area (Å²) in [5.74, 6) is 0.913. The van der Waals surface area contributed by atoms with E-state index in [0.29, 0.717) is 0 Å². The Morgan fingerprint density at radius 3 is 2.81 bits per heavy atom. The third kappa shape index (κ3) is 2.63. The standard InChI is InChI=1S/C13H16N2O/c1-10-8-12(15-14-10)7-6-11-4-3-5-13(9-11)16-2/h3-5,8-9H,6-7H2,1-2H3,(H,14,15). The number of nitrogens with zero attached hydrogens (tertiary/aromatic N) is 1. The van der Waals surface area contributed by atoms with E-state index in [2.05, 4.69) is 28.4 Å². The summed E-state index contributed by atoms with van der Waals surface area (Å²) in [5.41, 5.74) is 3.50. The van der Waals surface area contributed by atoms with Crippen LogP contribution < -0.4 is 4.74 Å². The van der Waals surface area contributed by atoms with Crippen molar-refractivity contribution >= 4 is 0 Å². The predicted octanol–water partition coefficient (Wildman–Crippen LogP) is 2.51. The summed E-state index contributed by atoms with van der Waals surface area (Å²) in [6.07, 6.45) is 1.94. The van der Waals surface area contributed by atoms with Crippen LogP contribution in [0.3, 0.4) is 0 Å². The van der Waals surface area contributed by atoms with Gasteiger partial charge in [0.15, 0.2) is 0 Å². The Balaban J connectivity index is 1.99. The summed E-state index contributed by atoms with van der Waals surface area (Å²) >= 11 is 0. The third-order valence-electron chi connectivity index (χ3n) is 2.56. The normalized spacial score (nSPS) is 10.4. The first kappa shape index (κ1) is 10.7. The number of aromatic amines is 1. The fourth-order valence-corrected chi connectivity index (χ4v) is 1.70. The Morgan fingerprint density at radius 1 is 1.25 bits per heavy atom. The van der Waals surface area contributed by atoms with E-state index in [9.17, 15) is 0 Å². The Morgan fingerprint density at radius 2 is 2.12 bits per heavy atom. The minimum Gasteiger partial charge on any atom is -0.497 e. The molecular weight excluding hydrogens is 200 g/mol. The van der Waals surface area contributed by atoms with Gasteiger partial charge in [-0.1, -0.05) is 12.1 Å². The van der Waals surface area contributed by atoms with Gasteiger partial charge in [0, 0.05) is 5.69 Å². The molecule has 0 spiro atoms. The number of nitrogens with one attached hydrogen (secondary N) is 1. The third-order valence-corrected chi connectivity index (χ3v) is 2.56. The van der Waals surface area contributed by atoms with Crippen LogP contribution in [0.4, 0.5) is 0 Å². The molecule has 0 aliphatic rings. The second-order valence-corrected chi connectivity index (χ2v) is 3.89. The minimum absolute atomic E-state index is 0.913. The average molecular weight is 216 g/mol. The zero-order chi connectivity index (χ0) is 11.4. The van der Waals surface area contributed by atoms with Crippen molar-refractivity contribution in [2.75, 3.05) is 7.11 Å². The van der Waals surface area contributed by atoms with Crippen molar-refractivity contribution in [1.82, 2.24) is 10.2 Å². The van der Waals surface area contributed by atoms with Crippen LogP contribution in [0.25, 0.3) is 0 Å². The number of aromatic nitrogens is 2. The van der Waals surface area contributed by atoms with Gasteiger partial charge in [-0.3, -0.25) is 5.10 Å². The second-order valence-electron chi connectivity index (χ2n) is 3.89. The van der Waals surface area contributed by atoms with E-state index in [1.807, 2.05) is 19.1 Å². The van der Waals surface area contributed by atoms with Gasteiger partial charge in [0.05, 0.1) is 12.8 Å². The number of hydrogen-bond donors (Lipinski definition) is 1. The van der Waals surface area contributed by atoms with E-state index >= 15 is 0 Å². The molecule has 1 aromatic heterocycles. The first-order valence-corrected chi connectivity index (χ1v) is 5.42. The number of H-pyrrole nitrogens is 1. The Hall–Kier alpha value is -1.77. The number of aryl methyl sites for hydroxylation is 3. The maximum atomic E-state index is 5.19. The number of benzene rings is 1. The zero-order valence-electron chi connectivity index (χ0n) is 9.66. The summed E-state index contributed by atoms with van der Waals surface area (Å²) in [4.78, 5) is 0. The number of ether oxygens (including phenoxy) is 1. The highest BCUT2D eigenvalue weighted by atomic mass is 16.5. The van der Waals surface area contributed by atoms with Gasteiger partial charge in [-0.15, -0.1) is 0 Å². The van der Waals surface area contributed by atoms with Gasteiger partial charge in [0.1, 0.15) is 5.75 Å². The zero-order valence-corrected chi connectivity index (χ0v) is 9.66. The highest BCUT2D eigenvalue weighted by molar-refractivity contribution is 5.28. The first-order chi connectivity index (χ1) is 7.78. The lowest BCUT2D eigenvalue weighted by Crippen LogP contribution is -1.92. The molecule has 1 N–H and O–H groups in total. The Kier molecular flexibility index (Phi) is 3.25. The fraction of sp³-hybridized carbons (Fsp3) is 0.308. The molecule has 0 bridgehead atoms. The van der Waals surface area contributed by atoms with Crippen molar-refractivity contribution < 1.29 is 4.74 Å².